The van der Waals surface area contributed by atoms with Gasteiger partial charge in [0.15, 0.2) is 23.3 Å². The van der Waals surface area contributed by atoms with Crippen molar-refractivity contribution in [3.63, 3.8) is 0 Å². The van der Waals surface area contributed by atoms with Gasteiger partial charge in [0.25, 0.3) is 0 Å². The maximum atomic E-state index is 15.6. The predicted molar refractivity (Wildman–Crippen MR) is 447 cm³/mol. The Morgan fingerprint density at radius 2 is 0.473 bits per heavy atom. The van der Waals surface area contributed by atoms with Crippen LogP contribution < -0.4 is 0 Å². The van der Waals surface area contributed by atoms with Crippen molar-refractivity contribution in [1.29, 1.82) is 0 Å². The fourth-order valence-electron chi connectivity index (χ4n) is 17.1. The van der Waals surface area contributed by atoms with Gasteiger partial charge in [0.1, 0.15) is 22.6 Å². The second-order valence-electron chi connectivity index (χ2n) is 36.6. The molecule has 129 heavy (non-hydrogen) atoms. The van der Waals surface area contributed by atoms with E-state index in [4.69, 9.17) is 29.9 Å². The Balaban J connectivity index is 1.20. The molecule has 0 spiro atoms. The number of aryl methyl sites for hydroxylation is 1. The zero-order chi connectivity index (χ0) is 93.7. The van der Waals surface area contributed by atoms with Crippen LogP contribution in [0.1, 0.15) is 150 Å². The van der Waals surface area contributed by atoms with E-state index >= 15 is 105 Å². The summed E-state index contributed by atoms with van der Waals surface area (Å²) >= 11 is 0. The number of benzene rings is 12. The van der Waals surface area contributed by atoms with Crippen LogP contribution in [0.2, 0.25) is 0 Å². The maximum absolute atomic E-state index is 15.6. The molecule has 8 nitrogen and oxygen atoms in total. The molecule has 0 saturated carbocycles. The number of alkyl halides is 24. The lowest BCUT2D eigenvalue weighted by molar-refractivity contribution is -0.144. The molecule has 12 aromatic carbocycles. The molecule has 0 fully saturated rings. The Morgan fingerprint density at radius 3 is 0.783 bits per heavy atom. The molecule has 2 aliphatic heterocycles. The SMILES string of the molecule is Cn1c2nc3nc(nc4[nH]c(nc5nc(nc1c1c(-c6cc(C(F)(F)F)cc(C(F)(F)F)c6)c6ccc(C(C)(C)C)cc6cc12)-c1cc2cc(C(C)(C)C)ccc2c(-c2cc(C(F)(F)F)cc(C(F)(F)F)c2)c1-5)c1cc2cc(C(C)(C)C)ccc2c(-c2cc(C(F)(F)F)cc(C(F)(F)F)c2)c41)-c1cc2cc(C(C)(C)C)ccc2c(-c2cc(C(F)(F)F)cc(C(F)(F)F)c2)c1-3. The van der Waals surface area contributed by atoms with Gasteiger partial charge in [0.2, 0.25) is 0 Å². The molecule has 8 bridgehead atoms. The number of halogens is 24. The normalized spacial score (nSPS) is 13.8. The van der Waals surface area contributed by atoms with Crippen LogP contribution in [-0.4, -0.2) is 39.5 Å². The summed E-state index contributed by atoms with van der Waals surface area (Å²) < 4.78 is 376. The molecular formula is C97H68F24N8. The van der Waals surface area contributed by atoms with Crippen molar-refractivity contribution >= 4 is 87.2 Å². The second-order valence-corrected chi connectivity index (χ2v) is 36.6. The molecule has 0 radical (unpaired) electrons. The van der Waals surface area contributed by atoms with Crippen LogP contribution in [0.15, 0.2) is 170 Å². The van der Waals surface area contributed by atoms with Gasteiger partial charge in [-0.1, -0.05) is 156 Å². The molecule has 0 unspecified atom stereocenters. The molecule has 32 heteroatoms. The van der Waals surface area contributed by atoms with Crippen LogP contribution in [0.3, 0.4) is 0 Å². The zero-order valence-electron chi connectivity index (χ0n) is 69.9. The second kappa shape index (κ2) is 28.7. The first-order valence-electron chi connectivity index (χ1n) is 39.8. The van der Waals surface area contributed by atoms with Gasteiger partial charge in [-0.2, -0.15) is 105 Å². The summed E-state index contributed by atoms with van der Waals surface area (Å²) in [6, 6.07) is 26.3. The van der Waals surface area contributed by atoms with Crippen molar-refractivity contribution in [1.82, 2.24) is 39.5 Å². The smallest absolute Gasteiger partial charge is 0.324 e. The number of rotatable bonds is 4. The Hall–Kier alpha value is -12.6. The number of fused-ring (bicyclic) bond motifs is 24. The highest BCUT2D eigenvalue weighted by Crippen LogP contribution is 2.56. The zero-order valence-corrected chi connectivity index (χ0v) is 69.9. The van der Waals surface area contributed by atoms with Crippen molar-refractivity contribution in [2.75, 3.05) is 0 Å². The Kier molecular flexibility index (Phi) is 19.7. The Morgan fingerprint density at radius 1 is 0.217 bits per heavy atom. The van der Waals surface area contributed by atoms with Crippen molar-refractivity contribution in [3.8, 4) is 90.1 Å². The molecule has 2 aliphatic rings. The highest BCUT2D eigenvalue weighted by Gasteiger charge is 2.45. The van der Waals surface area contributed by atoms with E-state index in [9.17, 15) is 0 Å². The monoisotopic (exact) mass is 1800 g/mol. The lowest BCUT2D eigenvalue weighted by Gasteiger charge is -2.22. The van der Waals surface area contributed by atoms with E-state index in [-0.39, 0.29) is 89.3 Å². The largest absolute Gasteiger partial charge is 0.416 e. The molecule has 15 aromatic rings. The number of hydrogen-bond acceptors (Lipinski definition) is 6. The molecule has 0 aliphatic carbocycles. The highest BCUT2D eigenvalue weighted by molar-refractivity contribution is 6.24. The van der Waals surface area contributed by atoms with Gasteiger partial charge in [-0.25, -0.2) is 29.9 Å². The maximum Gasteiger partial charge on any atom is 0.416 e. The van der Waals surface area contributed by atoms with Crippen LogP contribution in [0.25, 0.3) is 177 Å². The molecule has 664 valence electrons. The topological polar surface area (TPSA) is 98.1 Å². The Bertz CT molecular complexity index is 7400. The number of H-pyrrole nitrogens is 1. The third-order valence-electron chi connectivity index (χ3n) is 23.6. The summed E-state index contributed by atoms with van der Waals surface area (Å²) in [5.41, 5.74) is -25.1. The van der Waals surface area contributed by atoms with Crippen molar-refractivity contribution < 1.29 is 105 Å². The summed E-state index contributed by atoms with van der Waals surface area (Å²) in [5.74, 6) is -2.75. The Labute approximate surface area is 716 Å². The minimum atomic E-state index is -5.55. The number of hydrogen-bond donors (Lipinski definition) is 1. The average Bonchev–Trinajstić information content (AvgIpc) is 1.57. The van der Waals surface area contributed by atoms with E-state index < -0.39 is 228 Å². The minimum absolute atomic E-state index is 0.0375. The summed E-state index contributed by atoms with van der Waals surface area (Å²) in [4.78, 5) is 33.9. The predicted octanol–water partition coefficient (Wildman–Crippen LogP) is 31.5. The van der Waals surface area contributed by atoms with E-state index in [1.807, 2.05) is 0 Å². The number of nitrogens with zero attached hydrogens (tertiary/aromatic N) is 7. The number of aromatic nitrogens is 8. The van der Waals surface area contributed by atoms with Gasteiger partial charge in [0.05, 0.1) is 44.5 Å². The third kappa shape index (κ3) is 15.7. The standard InChI is InChI=1S/C97H68F24N8/c1-86(2,3)50-14-18-62-42(22-50)34-66-74(70(62)46-26-54(90(98,99)100)38-55(27-46)91(101,102)103)81-122-78(66)123-82-75-68(36-44-24-52(88(7,8)9)15-19-63(44)71(75)47-28-56(92(104,105)106)39-57(29-47)93(107,108)109)80(126-82)127-85-77-69(37-45-25-53(89(10,11)12)17-21-65(45)73(77)49-32-60(96(116,117)118)41-61(33-49)97(119,120)121)84(129(85)13)128-83-76-67(79(124-81)125-83)35-43-23-51(87(4,5)6)16-20-64(43)72(76)48-30-58(94(110,111)112)40-59(31-48)95(113,114)115/h14-41H,1-13H3,(H,122,123,124,125,126,127,128). The van der Waals surface area contributed by atoms with Crippen molar-refractivity contribution in [2.45, 2.75) is 154 Å². The summed E-state index contributed by atoms with van der Waals surface area (Å²) in [7, 11) is 1.22. The molecule has 5 heterocycles. The van der Waals surface area contributed by atoms with Crippen LogP contribution in [0.5, 0.6) is 0 Å². The van der Waals surface area contributed by atoms with Gasteiger partial charge in [0, 0.05) is 73.1 Å². The van der Waals surface area contributed by atoms with E-state index in [2.05, 4.69) is 4.98 Å². The van der Waals surface area contributed by atoms with Crippen LogP contribution in [0.4, 0.5) is 105 Å². The molecule has 0 amide bonds. The quantitative estimate of drug-likeness (QED) is 0.176. The van der Waals surface area contributed by atoms with Gasteiger partial charge in [-0.3, -0.25) is 0 Å². The number of nitrogens with one attached hydrogen (secondary N) is 1. The molecule has 1 N–H and O–H groups in total. The summed E-state index contributed by atoms with van der Waals surface area (Å²) in [6.45, 7) is 21.2. The average molecular weight is 1800 g/mol. The van der Waals surface area contributed by atoms with E-state index in [0.29, 0.717) is 70.8 Å². The molecule has 3 aromatic heterocycles. The first-order valence-corrected chi connectivity index (χ1v) is 39.8. The first-order chi connectivity index (χ1) is 59.4. The van der Waals surface area contributed by atoms with E-state index in [1.54, 1.807) is 113 Å². The van der Waals surface area contributed by atoms with E-state index in [1.165, 1.54) is 73.8 Å². The number of aromatic amines is 1. The fraction of sp³-hybridized carbons (Fsp3) is 0.258. The van der Waals surface area contributed by atoms with Crippen molar-refractivity contribution in [2.24, 2.45) is 7.05 Å². The van der Waals surface area contributed by atoms with Gasteiger partial charge >= 0.3 is 49.4 Å². The lowest BCUT2D eigenvalue weighted by Crippen LogP contribution is -2.11. The van der Waals surface area contributed by atoms with Gasteiger partial charge in [-0.05, 0) is 206 Å². The highest BCUT2D eigenvalue weighted by atomic mass is 19.4. The van der Waals surface area contributed by atoms with E-state index in [0.717, 1.165) is 4.57 Å². The summed E-state index contributed by atoms with van der Waals surface area (Å²) in [6.07, 6.45) is -44.4. The third-order valence-corrected chi connectivity index (χ3v) is 23.6. The van der Waals surface area contributed by atoms with Crippen LogP contribution in [-0.2, 0) is 78.1 Å². The minimum Gasteiger partial charge on any atom is -0.324 e. The molecule has 17 rings (SSSR count). The van der Waals surface area contributed by atoms with Crippen LogP contribution >= 0.6 is 0 Å². The fourth-order valence-corrected chi connectivity index (χ4v) is 17.1. The van der Waals surface area contributed by atoms with Gasteiger partial charge in [-0.15, -0.1) is 0 Å². The molecule has 0 atom stereocenters. The van der Waals surface area contributed by atoms with Gasteiger partial charge < -0.3 is 9.55 Å². The summed E-state index contributed by atoms with van der Waals surface area (Å²) in [5, 5.41) is -1.69. The molecular weight excluding hydrogens is 1730 g/mol. The first kappa shape index (κ1) is 88.4. The molecule has 0 saturated heterocycles. The lowest BCUT2D eigenvalue weighted by atomic mass is 9.83. The van der Waals surface area contributed by atoms with Crippen molar-refractivity contribution in [3.05, 3.63) is 237 Å². The van der Waals surface area contributed by atoms with Crippen LogP contribution in [0, 0.1) is 0 Å².